The molecule has 1 aliphatic rings. The van der Waals surface area contributed by atoms with E-state index in [0.29, 0.717) is 30.1 Å². The van der Waals surface area contributed by atoms with E-state index < -0.39 is 5.60 Å². The van der Waals surface area contributed by atoms with Gasteiger partial charge in [0.25, 0.3) is 0 Å². The third-order valence-corrected chi connectivity index (χ3v) is 7.33. The summed E-state index contributed by atoms with van der Waals surface area (Å²) in [6, 6.07) is 18.0. The standard InChI is InChI=1S/C32H45N2O4.BrH/c1-31(2,3)38-28-18-16-25(17-19-28)24-36-21-20-34(4,5)23-29-22-33-30(37-29)32(35,26-12-8-6-9-13-26)27-14-10-7-11-15-27;/h6,8-9,12-13,16-19,22,27,35H,7,10-11,14-15,20-21,23-24H2,1-5H3;1H/q+1;/p-1/t32-;/m0./s1. The van der Waals surface area contributed by atoms with E-state index in [1.165, 1.54) is 6.42 Å². The molecule has 1 saturated carbocycles. The molecule has 7 heteroatoms. The van der Waals surface area contributed by atoms with E-state index in [1.807, 2.05) is 63.2 Å². The number of hydrogen-bond donors (Lipinski definition) is 1. The van der Waals surface area contributed by atoms with Crippen LogP contribution >= 0.6 is 0 Å². The van der Waals surface area contributed by atoms with Crippen molar-refractivity contribution in [3.63, 3.8) is 0 Å². The van der Waals surface area contributed by atoms with Gasteiger partial charge in [0, 0.05) is 5.92 Å². The molecule has 1 N–H and O–H groups in total. The Morgan fingerprint density at radius 1 is 0.974 bits per heavy atom. The molecule has 2 aromatic carbocycles. The van der Waals surface area contributed by atoms with Gasteiger partial charge in [-0.2, -0.15) is 0 Å². The van der Waals surface area contributed by atoms with Crippen LogP contribution in [0.5, 0.6) is 5.75 Å². The fourth-order valence-corrected chi connectivity index (χ4v) is 5.31. The van der Waals surface area contributed by atoms with Gasteiger partial charge >= 0.3 is 0 Å². The average Bonchev–Trinajstić information content (AvgIpc) is 3.35. The van der Waals surface area contributed by atoms with Crippen molar-refractivity contribution in [2.24, 2.45) is 5.92 Å². The Kier molecular flexibility index (Phi) is 10.8. The predicted octanol–water partition coefficient (Wildman–Crippen LogP) is 3.47. The first-order valence-corrected chi connectivity index (χ1v) is 14.0. The van der Waals surface area contributed by atoms with Crippen LogP contribution in [0, 0.1) is 5.92 Å². The molecule has 0 aliphatic heterocycles. The summed E-state index contributed by atoms with van der Waals surface area (Å²) >= 11 is 0. The van der Waals surface area contributed by atoms with Gasteiger partial charge in [0.1, 0.15) is 24.4 Å². The zero-order valence-corrected chi connectivity index (χ0v) is 25.7. The number of aliphatic hydroxyl groups is 1. The first-order chi connectivity index (χ1) is 18.1. The molecule has 1 atom stereocenters. The lowest BCUT2D eigenvalue weighted by atomic mass is 9.73. The van der Waals surface area contributed by atoms with E-state index in [4.69, 9.17) is 13.9 Å². The molecule has 0 radical (unpaired) electrons. The maximum absolute atomic E-state index is 12.1. The van der Waals surface area contributed by atoms with Crippen LogP contribution in [-0.2, 0) is 23.5 Å². The van der Waals surface area contributed by atoms with Crippen molar-refractivity contribution < 1.29 is 40.5 Å². The van der Waals surface area contributed by atoms with Crippen LogP contribution in [-0.4, -0.2) is 47.4 Å². The number of nitrogens with zero attached hydrogens (tertiary/aromatic N) is 2. The van der Waals surface area contributed by atoms with Crippen molar-refractivity contribution >= 4 is 0 Å². The molecule has 1 fully saturated rings. The van der Waals surface area contributed by atoms with Crippen LogP contribution in [0.3, 0.4) is 0 Å². The highest BCUT2D eigenvalue weighted by atomic mass is 79.9. The molecule has 0 bridgehead atoms. The van der Waals surface area contributed by atoms with E-state index in [9.17, 15) is 5.11 Å². The Morgan fingerprint density at radius 2 is 1.64 bits per heavy atom. The summed E-state index contributed by atoms with van der Waals surface area (Å²) in [4.78, 5) is 4.62. The predicted molar refractivity (Wildman–Crippen MR) is 150 cm³/mol. The smallest absolute Gasteiger partial charge is 0.231 e. The third kappa shape index (κ3) is 8.65. The van der Waals surface area contributed by atoms with Gasteiger partial charge in [0.2, 0.25) is 5.89 Å². The minimum atomic E-state index is -1.20. The highest BCUT2D eigenvalue weighted by molar-refractivity contribution is 5.30. The Labute approximate surface area is 244 Å². The van der Waals surface area contributed by atoms with Crippen LogP contribution in [0.25, 0.3) is 0 Å². The number of hydrogen-bond acceptors (Lipinski definition) is 5. The molecule has 0 spiro atoms. The van der Waals surface area contributed by atoms with Crippen molar-refractivity contribution in [3.05, 3.63) is 83.6 Å². The number of benzene rings is 2. The van der Waals surface area contributed by atoms with E-state index in [0.717, 1.165) is 54.9 Å². The van der Waals surface area contributed by atoms with E-state index in [1.54, 1.807) is 6.20 Å². The van der Waals surface area contributed by atoms with Crippen molar-refractivity contribution in [2.45, 2.75) is 77.2 Å². The van der Waals surface area contributed by atoms with Crippen molar-refractivity contribution in [2.75, 3.05) is 27.2 Å². The summed E-state index contributed by atoms with van der Waals surface area (Å²) in [5, 5.41) is 12.1. The minimum absolute atomic E-state index is 0. The molecule has 1 aromatic heterocycles. The molecule has 6 nitrogen and oxygen atoms in total. The molecule has 214 valence electrons. The van der Waals surface area contributed by atoms with Crippen LogP contribution in [0.4, 0.5) is 0 Å². The van der Waals surface area contributed by atoms with Crippen molar-refractivity contribution in [1.29, 1.82) is 0 Å². The van der Waals surface area contributed by atoms with Crippen molar-refractivity contribution in [3.8, 4) is 5.75 Å². The van der Waals surface area contributed by atoms with E-state index in [-0.39, 0.29) is 28.5 Å². The van der Waals surface area contributed by atoms with Crippen LogP contribution < -0.4 is 21.7 Å². The number of halogens is 1. The number of ether oxygens (including phenoxy) is 2. The Bertz CT molecular complexity index is 1130. The van der Waals surface area contributed by atoms with Gasteiger partial charge in [-0.1, -0.05) is 61.7 Å². The molecule has 0 unspecified atom stereocenters. The lowest BCUT2D eigenvalue weighted by Gasteiger charge is -2.36. The van der Waals surface area contributed by atoms with E-state index >= 15 is 0 Å². The fourth-order valence-electron chi connectivity index (χ4n) is 5.31. The highest BCUT2D eigenvalue weighted by Gasteiger charge is 2.44. The summed E-state index contributed by atoms with van der Waals surface area (Å²) in [7, 11) is 4.32. The number of quaternary nitrogens is 1. The number of likely N-dealkylation sites (N-methyl/N-ethyl adjacent to an activating group) is 1. The average molecular weight is 602 g/mol. The Hall–Kier alpha value is -2.19. The van der Waals surface area contributed by atoms with Crippen LogP contribution in [0.2, 0.25) is 0 Å². The monoisotopic (exact) mass is 600 g/mol. The Morgan fingerprint density at radius 3 is 2.28 bits per heavy atom. The SMILES string of the molecule is CC(C)(C)Oc1ccc(COCC[N+](C)(C)Cc2cnc([C@](O)(c3ccccc3)C3CCCCC3)o2)cc1.[Br-]. The second-order valence-corrected chi connectivity index (χ2v) is 12.3. The molecule has 0 amide bonds. The van der Waals surface area contributed by atoms with Gasteiger partial charge in [-0.05, 0) is 56.9 Å². The van der Waals surface area contributed by atoms with Crippen LogP contribution in [0.15, 0.2) is 65.2 Å². The molecule has 1 heterocycles. The molecule has 3 aromatic rings. The number of oxazole rings is 1. The van der Waals surface area contributed by atoms with E-state index in [2.05, 4.69) is 31.2 Å². The topological polar surface area (TPSA) is 64.7 Å². The molecular formula is C32H45BrN2O4. The zero-order valence-electron chi connectivity index (χ0n) is 24.2. The van der Waals surface area contributed by atoms with Gasteiger partial charge in [0.05, 0.1) is 33.5 Å². The van der Waals surface area contributed by atoms with Gasteiger partial charge in [-0.3, -0.25) is 0 Å². The summed E-state index contributed by atoms with van der Waals surface area (Å²) in [5.74, 6) is 2.17. The first kappa shape index (κ1) is 31.3. The molecular weight excluding hydrogens is 556 g/mol. The molecule has 4 rings (SSSR count). The highest BCUT2D eigenvalue weighted by Crippen LogP contribution is 2.43. The molecule has 39 heavy (non-hydrogen) atoms. The maximum Gasteiger partial charge on any atom is 0.231 e. The number of rotatable bonds is 11. The second kappa shape index (κ2) is 13.4. The molecule has 1 aliphatic carbocycles. The van der Waals surface area contributed by atoms with Gasteiger partial charge in [0.15, 0.2) is 11.4 Å². The first-order valence-electron chi connectivity index (χ1n) is 14.0. The Balaban J connectivity index is 0.00000420. The third-order valence-electron chi connectivity index (χ3n) is 7.33. The summed E-state index contributed by atoms with van der Waals surface area (Å²) < 4.78 is 18.9. The lowest BCUT2D eigenvalue weighted by molar-refractivity contribution is -0.905. The molecule has 0 saturated heterocycles. The normalized spacial score (nSPS) is 16.4. The fraction of sp³-hybridized carbons (Fsp3) is 0.531. The van der Waals surface area contributed by atoms with Crippen LogP contribution in [0.1, 0.15) is 75.7 Å². The van der Waals surface area contributed by atoms with Crippen molar-refractivity contribution in [1.82, 2.24) is 4.98 Å². The summed E-state index contributed by atoms with van der Waals surface area (Å²) in [6.07, 6.45) is 7.23. The van der Waals surface area contributed by atoms with Gasteiger partial charge < -0.3 is 40.5 Å². The lowest BCUT2D eigenvalue weighted by Crippen LogP contribution is -3.00. The van der Waals surface area contributed by atoms with Gasteiger partial charge in [-0.15, -0.1) is 0 Å². The summed E-state index contributed by atoms with van der Waals surface area (Å²) in [5.41, 5.74) is 0.579. The summed E-state index contributed by atoms with van der Waals surface area (Å²) in [6.45, 7) is 8.83. The zero-order chi connectivity index (χ0) is 27.2. The van der Waals surface area contributed by atoms with Gasteiger partial charge in [-0.25, -0.2) is 4.98 Å². The maximum atomic E-state index is 12.1. The quantitative estimate of drug-likeness (QED) is 0.270. The number of aromatic nitrogens is 1. The minimum Gasteiger partial charge on any atom is -1.00 e. The largest absolute Gasteiger partial charge is 1.00 e. The second-order valence-electron chi connectivity index (χ2n) is 12.3.